The normalized spacial score (nSPS) is 9.00. The number of hydrogen-bond acceptors (Lipinski definition) is 2. The van der Waals surface area contributed by atoms with E-state index in [1.165, 1.54) is 12.1 Å². The van der Waals surface area contributed by atoms with Crippen LogP contribution in [0.25, 0.3) is 0 Å². The second-order valence-corrected chi connectivity index (χ2v) is 3.62. The maximum Gasteiger partial charge on any atom is 2.00 e. The maximum absolute atomic E-state index is 10.4. The molecule has 5 heteroatoms. The number of benzene rings is 1. The minimum absolute atomic E-state index is 0. The van der Waals surface area contributed by atoms with Crippen molar-refractivity contribution in [3.05, 3.63) is 43.0 Å². The first kappa shape index (κ1) is 16.6. The minimum Gasteiger partial charge on any atom is -1.00 e. The average Bonchev–Trinajstić information content (AvgIpc) is 2.06. The Balaban J connectivity index is -0.000000109. The van der Waals surface area contributed by atoms with Crippen LogP contribution in [0.5, 0.6) is 0 Å². The monoisotopic (exact) mass is 242 g/mol. The third-order valence-electron chi connectivity index (χ3n) is 1.04. The molecular weight excluding hydrogens is 228 g/mol. The molecule has 76 valence electrons. The van der Waals surface area contributed by atoms with E-state index >= 15 is 0 Å². The van der Waals surface area contributed by atoms with Gasteiger partial charge in [-0.3, -0.25) is 4.55 Å². The fraction of sp³-hybridized carbons (Fsp3) is 0.111. The van der Waals surface area contributed by atoms with Crippen LogP contribution in [0.3, 0.4) is 0 Å². The summed E-state index contributed by atoms with van der Waals surface area (Å²) in [5.74, 6) is 0. The van der Waals surface area contributed by atoms with Crippen LogP contribution in [0.1, 0.15) is 9.78 Å². The summed E-state index contributed by atoms with van der Waals surface area (Å²) in [5, 5.41) is 0. The second-order valence-electron chi connectivity index (χ2n) is 2.20. The molecule has 0 aliphatic rings. The van der Waals surface area contributed by atoms with Crippen molar-refractivity contribution in [1.29, 1.82) is 0 Å². The van der Waals surface area contributed by atoms with Gasteiger partial charge in [-0.2, -0.15) is 8.42 Å². The van der Waals surface area contributed by atoms with E-state index in [-0.39, 0.29) is 45.5 Å². The van der Waals surface area contributed by atoms with Gasteiger partial charge in [-0.05, 0) is 19.1 Å². The van der Waals surface area contributed by atoms with Crippen molar-refractivity contribution in [3.63, 3.8) is 0 Å². The zero-order valence-corrected chi connectivity index (χ0v) is 11.1. The van der Waals surface area contributed by atoms with E-state index in [4.69, 9.17) is 4.55 Å². The molecule has 14 heavy (non-hydrogen) atoms. The van der Waals surface area contributed by atoms with Crippen molar-refractivity contribution in [2.75, 3.05) is 0 Å². The first-order valence-corrected chi connectivity index (χ1v) is 5.06. The zero-order valence-electron chi connectivity index (χ0n) is 10.1. The minimum atomic E-state index is -4.00. The first-order valence-electron chi connectivity index (χ1n) is 3.62. The number of allylic oxidation sites excluding steroid dienone is 1. The van der Waals surface area contributed by atoms with Gasteiger partial charge in [0.2, 0.25) is 0 Å². The summed E-state index contributed by atoms with van der Waals surface area (Å²) >= 11 is 0. The Labute approximate surface area is 118 Å². The molecule has 3 nitrogen and oxygen atoms in total. The molecule has 1 rings (SSSR count). The van der Waals surface area contributed by atoms with Gasteiger partial charge in [-0.25, -0.2) is 0 Å². The van der Waals surface area contributed by atoms with Crippen molar-refractivity contribution < 1.29 is 15.8 Å². The van der Waals surface area contributed by atoms with Gasteiger partial charge in [0.25, 0.3) is 10.1 Å². The smallest absolute Gasteiger partial charge is 1.00 e. The van der Waals surface area contributed by atoms with Crippen molar-refractivity contribution in [2.24, 2.45) is 0 Å². The van der Waals surface area contributed by atoms with Crippen molar-refractivity contribution in [3.8, 4) is 0 Å². The van der Waals surface area contributed by atoms with E-state index in [1.807, 2.05) is 6.92 Å². The molecule has 0 heterocycles. The Kier molecular flexibility index (Phi) is 9.98. The van der Waals surface area contributed by atoms with Gasteiger partial charge in [0.15, 0.2) is 0 Å². The Morgan fingerprint density at radius 1 is 1.36 bits per heavy atom. The van der Waals surface area contributed by atoms with Crippen molar-refractivity contribution >= 4 is 47.9 Å². The first-order chi connectivity index (χ1) is 6.02. The Hall–Kier alpha value is 0.130. The second kappa shape index (κ2) is 8.44. The van der Waals surface area contributed by atoms with Crippen LogP contribution < -0.4 is 0 Å². The molecule has 0 spiro atoms. The van der Waals surface area contributed by atoms with E-state index in [9.17, 15) is 8.42 Å². The van der Waals surface area contributed by atoms with E-state index in [1.54, 1.807) is 24.3 Å². The molecule has 1 N–H and O–H groups in total. The Morgan fingerprint density at radius 3 is 1.93 bits per heavy atom. The number of rotatable bonds is 1. The van der Waals surface area contributed by atoms with Gasteiger partial charge in [-0.15, -0.1) is 6.58 Å². The standard InChI is InChI=1S/C6H6O3S.C3H6.Ca.2H/c7-10(8,9)6-4-2-1-3-5-6;1-3-2;;;/h1-5H,(H,7,8,9);3H,1H2,2H3;;;/q;;+2;2*-1. The van der Waals surface area contributed by atoms with Gasteiger partial charge >= 0.3 is 37.7 Å². The predicted molar refractivity (Wildman–Crippen MR) is 60.1 cm³/mol. The Bertz CT molecular complexity index is 354. The third-order valence-corrected chi connectivity index (χ3v) is 1.91. The van der Waals surface area contributed by atoms with Gasteiger partial charge in [0.1, 0.15) is 0 Å². The van der Waals surface area contributed by atoms with Crippen LogP contribution in [-0.2, 0) is 10.1 Å². The molecule has 0 aromatic heterocycles. The van der Waals surface area contributed by atoms with Crippen LogP contribution in [0.2, 0.25) is 0 Å². The van der Waals surface area contributed by atoms with Crippen molar-refractivity contribution in [1.82, 2.24) is 0 Å². The molecule has 1 aromatic carbocycles. The summed E-state index contributed by atoms with van der Waals surface area (Å²) < 4.78 is 29.2. The topological polar surface area (TPSA) is 54.4 Å². The molecule has 0 saturated carbocycles. The summed E-state index contributed by atoms with van der Waals surface area (Å²) in [6.07, 6.45) is 1.75. The maximum atomic E-state index is 10.4. The fourth-order valence-corrected chi connectivity index (χ4v) is 1.09. The van der Waals surface area contributed by atoms with E-state index in [0.29, 0.717) is 0 Å². The SMILES string of the molecule is C=CC.O=S(=O)(O)c1ccccc1.[Ca+2].[H-].[H-]. The molecule has 1 aromatic rings. The molecule has 0 fully saturated rings. The van der Waals surface area contributed by atoms with E-state index in [0.717, 1.165) is 0 Å². The van der Waals surface area contributed by atoms with Gasteiger partial charge < -0.3 is 2.85 Å². The number of hydrogen-bond donors (Lipinski definition) is 1. The summed E-state index contributed by atoms with van der Waals surface area (Å²) in [4.78, 5) is -0.0741. The molecule has 0 amide bonds. The van der Waals surface area contributed by atoms with Gasteiger partial charge in [0.05, 0.1) is 4.90 Å². The van der Waals surface area contributed by atoms with Gasteiger partial charge in [0, 0.05) is 0 Å². The largest absolute Gasteiger partial charge is 2.00 e. The average molecular weight is 242 g/mol. The van der Waals surface area contributed by atoms with Gasteiger partial charge in [-0.1, -0.05) is 24.3 Å². The van der Waals surface area contributed by atoms with Crippen LogP contribution in [0.4, 0.5) is 0 Å². The fourth-order valence-electron chi connectivity index (χ4n) is 0.592. The zero-order chi connectivity index (χ0) is 10.3. The van der Waals surface area contributed by atoms with Crippen LogP contribution >= 0.6 is 0 Å². The molecule has 0 aliphatic carbocycles. The molecule has 0 unspecified atom stereocenters. The molecule has 0 bridgehead atoms. The van der Waals surface area contributed by atoms with Crippen LogP contribution in [0, 0.1) is 0 Å². The van der Waals surface area contributed by atoms with Crippen LogP contribution in [-0.4, -0.2) is 50.7 Å². The Morgan fingerprint density at radius 2 is 1.71 bits per heavy atom. The molecule has 0 radical (unpaired) electrons. The molecule has 0 aliphatic heterocycles. The third kappa shape index (κ3) is 7.53. The van der Waals surface area contributed by atoms with Crippen LogP contribution in [0.15, 0.2) is 47.9 Å². The molecular formula is C9H14CaO3S. The van der Waals surface area contributed by atoms with E-state index in [2.05, 4.69) is 6.58 Å². The molecule has 0 saturated heterocycles. The quantitative estimate of drug-likeness (QED) is 0.465. The summed E-state index contributed by atoms with van der Waals surface area (Å²) in [7, 11) is -4.00. The summed E-state index contributed by atoms with van der Waals surface area (Å²) in [6, 6.07) is 7.42. The predicted octanol–water partition coefficient (Wildman–Crippen LogP) is 1.97. The summed E-state index contributed by atoms with van der Waals surface area (Å²) in [5.41, 5.74) is 0. The van der Waals surface area contributed by atoms with E-state index < -0.39 is 10.1 Å². The summed E-state index contributed by atoms with van der Waals surface area (Å²) in [6.45, 7) is 5.25. The van der Waals surface area contributed by atoms with Crippen molar-refractivity contribution in [2.45, 2.75) is 11.8 Å². The molecule has 0 atom stereocenters.